The van der Waals surface area contributed by atoms with Crippen LogP contribution in [0.4, 0.5) is 0 Å². The predicted molar refractivity (Wildman–Crippen MR) is 45.4 cm³/mol. The second-order valence-corrected chi connectivity index (χ2v) is 2.37. The Morgan fingerprint density at radius 3 is 2.33 bits per heavy atom. The van der Waals surface area contributed by atoms with E-state index in [2.05, 4.69) is 5.16 Å². The molecular weight excluding hydrogens is 154 g/mol. The minimum Gasteiger partial charge on any atom is -0.410 e. The molecule has 1 rings (SSSR count). The normalized spacial score (nSPS) is 11.2. The number of carbonyl (C=O) groups excluding carboxylic acids is 1. The van der Waals surface area contributed by atoms with E-state index in [1.165, 1.54) is 6.92 Å². The van der Waals surface area contributed by atoms with Crippen molar-refractivity contribution < 1.29 is 10.0 Å². The van der Waals surface area contributed by atoms with Crippen LogP contribution in [0, 0.1) is 0 Å². The van der Waals surface area contributed by atoms with Crippen molar-refractivity contribution in [2.24, 2.45) is 5.16 Å². The van der Waals surface area contributed by atoms with Crippen molar-refractivity contribution >= 4 is 11.5 Å². The predicted octanol–water partition coefficient (Wildman–Crippen LogP) is 1.45. The smallest absolute Gasteiger partial charge is 0.182 e. The molecule has 1 aromatic rings. The Morgan fingerprint density at radius 1 is 1.33 bits per heavy atom. The summed E-state index contributed by atoms with van der Waals surface area (Å²) in [5.74, 6) is -0.247. The molecule has 3 nitrogen and oxygen atoms in total. The number of ketones is 1. The highest BCUT2D eigenvalue weighted by Crippen LogP contribution is 2.01. The number of Topliss-reactive ketones (excluding diaryl/α,β-unsaturated/α-hetero) is 1. The molecule has 0 unspecified atom stereocenters. The molecule has 0 aliphatic carbocycles. The first-order chi connectivity index (χ1) is 5.75. The summed E-state index contributed by atoms with van der Waals surface area (Å²) < 4.78 is 0. The summed E-state index contributed by atoms with van der Waals surface area (Å²) in [6, 6.07) is 8.83. The average molecular weight is 163 g/mol. The van der Waals surface area contributed by atoms with Crippen LogP contribution in [-0.4, -0.2) is 16.7 Å². The van der Waals surface area contributed by atoms with Gasteiger partial charge in [-0.15, -0.1) is 0 Å². The molecule has 0 aromatic heterocycles. The van der Waals surface area contributed by atoms with Gasteiger partial charge in [-0.1, -0.05) is 35.5 Å². The van der Waals surface area contributed by atoms with Crippen LogP contribution in [0.15, 0.2) is 35.5 Å². The van der Waals surface area contributed by atoms with E-state index in [1.807, 2.05) is 6.07 Å². The van der Waals surface area contributed by atoms with E-state index < -0.39 is 0 Å². The minimum absolute atomic E-state index is 0.0931. The van der Waals surface area contributed by atoms with Gasteiger partial charge in [-0.05, 0) is 0 Å². The quantitative estimate of drug-likeness (QED) is 0.407. The second kappa shape index (κ2) is 3.67. The van der Waals surface area contributed by atoms with E-state index in [9.17, 15) is 4.79 Å². The van der Waals surface area contributed by atoms with E-state index >= 15 is 0 Å². The Bertz CT molecular complexity index is 304. The van der Waals surface area contributed by atoms with Crippen LogP contribution in [0.25, 0.3) is 0 Å². The lowest BCUT2D eigenvalue weighted by Crippen LogP contribution is -2.11. The van der Waals surface area contributed by atoms with Gasteiger partial charge in [0.25, 0.3) is 0 Å². The SMILES string of the molecule is CC(=O)C(=NO)c1ccccc1. The molecule has 0 amide bonds. The highest BCUT2D eigenvalue weighted by atomic mass is 16.4. The topological polar surface area (TPSA) is 49.7 Å². The lowest BCUT2D eigenvalue weighted by molar-refractivity contribution is -0.111. The van der Waals surface area contributed by atoms with E-state index in [1.54, 1.807) is 24.3 Å². The lowest BCUT2D eigenvalue weighted by Gasteiger charge is -1.97. The first-order valence-electron chi connectivity index (χ1n) is 3.54. The number of benzene rings is 1. The van der Waals surface area contributed by atoms with Crippen LogP contribution in [-0.2, 0) is 4.79 Å². The lowest BCUT2D eigenvalue weighted by atomic mass is 10.1. The van der Waals surface area contributed by atoms with Gasteiger partial charge in [0.05, 0.1) is 0 Å². The average Bonchev–Trinajstić information content (AvgIpc) is 2.07. The maximum absolute atomic E-state index is 10.9. The number of carbonyl (C=O) groups is 1. The van der Waals surface area contributed by atoms with Gasteiger partial charge in [-0.2, -0.15) is 0 Å². The van der Waals surface area contributed by atoms with Crippen LogP contribution < -0.4 is 0 Å². The fraction of sp³-hybridized carbons (Fsp3) is 0.111. The Kier molecular flexibility index (Phi) is 2.58. The molecule has 1 N–H and O–H groups in total. The molecule has 0 aliphatic rings. The Balaban J connectivity index is 3.05. The largest absolute Gasteiger partial charge is 0.410 e. The van der Waals surface area contributed by atoms with E-state index in [0.29, 0.717) is 5.56 Å². The van der Waals surface area contributed by atoms with Crippen molar-refractivity contribution in [3.05, 3.63) is 35.9 Å². The van der Waals surface area contributed by atoms with Crippen LogP contribution in [0.3, 0.4) is 0 Å². The molecule has 62 valence electrons. The summed E-state index contributed by atoms with van der Waals surface area (Å²) >= 11 is 0. The molecular formula is C9H9NO2. The van der Waals surface area contributed by atoms with Crippen molar-refractivity contribution in [1.82, 2.24) is 0 Å². The third-order valence-corrected chi connectivity index (χ3v) is 1.48. The number of hydrogen-bond donors (Lipinski definition) is 1. The van der Waals surface area contributed by atoms with Crippen LogP contribution in [0.1, 0.15) is 12.5 Å². The van der Waals surface area contributed by atoms with Crippen LogP contribution in [0.5, 0.6) is 0 Å². The zero-order valence-corrected chi connectivity index (χ0v) is 6.69. The molecule has 0 heterocycles. The van der Waals surface area contributed by atoms with Crippen molar-refractivity contribution in [3.63, 3.8) is 0 Å². The first kappa shape index (κ1) is 8.46. The zero-order chi connectivity index (χ0) is 8.97. The van der Waals surface area contributed by atoms with Gasteiger partial charge in [0.2, 0.25) is 0 Å². The van der Waals surface area contributed by atoms with Crippen LogP contribution >= 0.6 is 0 Å². The number of hydrogen-bond acceptors (Lipinski definition) is 3. The molecule has 1 aromatic carbocycles. The highest BCUT2D eigenvalue weighted by Gasteiger charge is 2.07. The summed E-state index contributed by atoms with van der Waals surface area (Å²) in [5, 5.41) is 11.4. The maximum Gasteiger partial charge on any atom is 0.182 e. The summed E-state index contributed by atoms with van der Waals surface area (Å²) in [6.07, 6.45) is 0. The van der Waals surface area contributed by atoms with Crippen molar-refractivity contribution in [2.45, 2.75) is 6.92 Å². The number of nitrogens with zero attached hydrogens (tertiary/aromatic N) is 1. The Morgan fingerprint density at radius 2 is 1.92 bits per heavy atom. The maximum atomic E-state index is 10.9. The molecule has 0 spiro atoms. The van der Waals surface area contributed by atoms with Crippen molar-refractivity contribution in [3.8, 4) is 0 Å². The third kappa shape index (κ3) is 1.69. The zero-order valence-electron chi connectivity index (χ0n) is 6.69. The van der Waals surface area contributed by atoms with Gasteiger partial charge >= 0.3 is 0 Å². The van der Waals surface area contributed by atoms with Gasteiger partial charge < -0.3 is 5.21 Å². The van der Waals surface area contributed by atoms with E-state index in [-0.39, 0.29) is 11.5 Å². The molecule has 0 bridgehead atoms. The Hall–Kier alpha value is -1.64. The third-order valence-electron chi connectivity index (χ3n) is 1.48. The van der Waals surface area contributed by atoms with Crippen LogP contribution in [0.2, 0.25) is 0 Å². The number of rotatable bonds is 2. The number of oxime groups is 1. The van der Waals surface area contributed by atoms with Gasteiger partial charge in [-0.25, -0.2) is 0 Å². The van der Waals surface area contributed by atoms with Gasteiger partial charge in [0.15, 0.2) is 11.5 Å². The summed E-state index contributed by atoms with van der Waals surface area (Å²) in [5.41, 5.74) is 0.725. The second-order valence-electron chi connectivity index (χ2n) is 2.37. The summed E-state index contributed by atoms with van der Waals surface area (Å²) in [6.45, 7) is 1.36. The highest BCUT2D eigenvalue weighted by molar-refractivity contribution is 6.45. The molecule has 0 saturated carbocycles. The molecule has 0 radical (unpaired) electrons. The van der Waals surface area contributed by atoms with E-state index in [0.717, 1.165) is 0 Å². The van der Waals surface area contributed by atoms with Gasteiger partial charge in [-0.3, -0.25) is 4.79 Å². The molecule has 0 aliphatic heterocycles. The van der Waals surface area contributed by atoms with Crippen molar-refractivity contribution in [2.75, 3.05) is 0 Å². The monoisotopic (exact) mass is 163 g/mol. The molecule has 12 heavy (non-hydrogen) atoms. The standard InChI is InChI=1S/C9H9NO2/c1-7(11)9(10-12)8-5-3-2-4-6-8/h2-6,12H,1H3. The van der Waals surface area contributed by atoms with Gasteiger partial charge in [0, 0.05) is 12.5 Å². The summed E-state index contributed by atoms with van der Waals surface area (Å²) in [7, 11) is 0. The summed E-state index contributed by atoms with van der Waals surface area (Å²) in [4.78, 5) is 10.9. The van der Waals surface area contributed by atoms with E-state index in [4.69, 9.17) is 5.21 Å². The minimum atomic E-state index is -0.247. The fourth-order valence-electron chi connectivity index (χ4n) is 0.927. The molecule has 0 fully saturated rings. The molecule has 3 heteroatoms. The fourth-order valence-corrected chi connectivity index (χ4v) is 0.927. The first-order valence-corrected chi connectivity index (χ1v) is 3.54. The molecule has 0 saturated heterocycles. The van der Waals surface area contributed by atoms with Crippen molar-refractivity contribution in [1.29, 1.82) is 0 Å². The Labute approximate surface area is 70.3 Å². The van der Waals surface area contributed by atoms with Gasteiger partial charge in [0.1, 0.15) is 0 Å². The molecule has 0 atom stereocenters.